The second-order valence-corrected chi connectivity index (χ2v) is 3.96. The van der Waals surface area contributed by atoms with E-state index in [1.807, 2.05) is 0 Å². The van der Waals surface area contributed by atoms with Crippen molar-refractivity contribution >= 4 is 35.9 Å². The Balaban J connectivity index is 0.00000128. The highest BCUT2D eigenvalue weighted by Crippen LogP contribution is 2.27. The number of imide groups is 1. The zero-order valence-corrected chi connectivity index (χ0v) is 10.1. The number of hydrogen-bond donors (Lipinski definition) is 3. The highest BCUT2D eigenvalue weighted by atomic mass is 35.5. The van der Waals surface area contributed by atoms with Gasteiger partial charge in [0.05, 0.1) is 5.69 Å². The number of aryl methyl sites for hydroxylation is 1. The summed E-state index contributed by atoms with van der Waals surface area (Å²) >= 11 is 1.23. The zero-order valence-electron chi connectivity index (χ0n) is 8.44. The van der Waals surface area contributed by atoms with Gasteiger partial charge in [-0.15, -0.1) is 12.4 Å². The van der Waals surface area contributed by atoms with Gasteiger partial charge in [-0.1, -0.05) is 0 Å². The van der Waals surface area contributed by atoms with E-state index in [-0.39, 0.29) is 19.0 Å². The maximum Gasteiger partial charge on any atom is 0.322 e. The van der Waals surface area contributed by atoms with Gasteiger partial charge in [0.2, 0.25) is 0 Å². The van der Waals surface area contributed by atoms with Gasteiger partial charge in [0.15, 0.2) is 5.54 Å². The minimum absolute atomic E-state index is 0. The molecule has 2 heterocycles. The van der Waals surface area contributed by atoms with Crippen LogP contribution in [0.5, 0.6) is 0 Å². The zero-order chi connectivity index (χ0) is 11.1. The summed E-state index contributed by atoms with van der Waals surface area (Å²) in [6.07, 6.45) is 0. The van der Waals surface area contributed by atoms with Crippen LogP contribution in [0.4, 0.5) is 4.79 Å². The third-order valence-electron chi connectivity index (χ3n) is 2.46. The Bertz CT molecular complexity index is 435. The van der Waals surface area contributed by atoms with E-state index < -0.39 is 17.5 Å². The Morgan fingerprint density at radius 1 is 1.56 bits per heavy atom. The molecule has 1 unspecified atom stereocenters. The van der Waals surface area contributed by atoms with Crippen LogP contribution in [0.25, 0.3) is 0 Å². The summed E-state index contributed by atoms with van der Waals surface area (Å²) < 4.78 is 4.07. The van der Waals surface area contributed by atoms with E-state index in [9.17, 15) is 9.59 Å². The summed E-state index contributed by atoms with van der Waals surface area (Å²) in [6, 6.07) is -0.518. The van der Waals surface area contributed by atoms with Gasteiger partial charge >= 0.3 is 6.03 Å². The Kier molecular flexibility index (Phi) is 3.51. The summed E-state index contributed by atoms with van der Waals surface area (Å²) in [5.41, 5.74) is 5.81. The lowest BCUT2D eigenvalue weighted by molar-refractivity contribution is -0.123. The molecule has 0 spiro atoms. The molecule has 1 atom stereocenters. The number of nitrogens with zero attached hydrogens (tertiary/aromatic N) is 1. The molecule has 1 aliphatic rings. The number of rotatable bonds is 2. The first-order valence-corrected chi connectivity index (χ1v) is 5.19. The summed E-state index contributed by atoms with van der Waals surface area (Å²) in [7, 11) is 0. The van der Waals surface area contributed by atoms with Gasteiger partial charge in [0.25, 0.3) is 5.91 Å². The summed E-state index contributed by atoms with van der Waals surface area (Å²) in [5.74, 6) is -0.418. The SMILES string of the molecule is Cc1nscc1C1(CN)NC(=O)NC1=O.Cl. The number of urea groups is 1. The molecular weight excluding hydrogens is 252 g/mol. The van der Waals surface area contributed by atoms with Crippen LogP contribution >= 0.6 is 23.9 Å². The number of amides is 3. The Hall–Kier alpha value is -1.18. The topological polar surface area (TPSA) is 97.1 Å². The number of carbonyl (C=O) groups excluding carboxylic acids is 2. The second kappa shape index (κ2) is 4.36. The summed E-state index contributed by atoms with van der Waals surface area (Å²) in [6.45, 7) is 1.80. The van der Waals surface area contributed by atoms with Crippen molar-refractivity contribution in [3.63, 3.8) is 0 Å². The number of hydrogen-bond acceptors (Lipinski definition) is 5. The number of carbonyl (C=O) groups is 2. The average Bonchev–Trinajstić information content (AvgIpc) is 2.71. The van der Waals surface area contributed by atoms with Gasteiger partial charge in [0.1, 0.15) is 0 Å². The lowest BCUT2D eigenvalue weighted by Crippen LogP contribution is -2.50. The van der Waals surface area contributed by atoms with Crippen molar-refractivity contribution in [1.82, 2.24) is 15.0 Å². The van der Waals surface area contributed by atoms with Crippen molar-refractivity contribution < 1.29 is 9.59 Å². The molecule has 1 aromatic heterocycles. The standard InChI is InChI=1S/C8H10N4O2S.ClH/c1-4-5(2-15-12-4)8(3-9)6(13)10-7(14)11-8;/h2H,3,9H2,1H3,(H2,10,11,13,14);1H. The molecule has 1 saturated heterocycles. The van der Waals surface area contributed by atoms with E-state index in [1.54, 1.807) is 12.3 Å². The van der Waals surface area contributed by atoms with E-state index in [2.05, 4.69) is 15.0 Å². The highest BCUT2D eigenvalue weighted by molar-refractivity contribution is 7.03. The van der Waals surface area contributed by atoms with Gasteiger partial charge in [-0.3, -0.25) is 10.1 Å². The van der Waals surface area contributed by atoms with Crippen LogP contribution in [0.15, 0.2) is 5.38 Å². The predicted molar refractivity (Wildman–Crippen MR) is 61.5 cm³/mol. The Morgan fingerprint density at radius 2 is 2.25 bits per heavy atom. The van der Waals surface area contributed by atoms with Gasteiger partial charge in [-0.05, 0) is 18.5 Å². The molecule has 0 aromatic carbocycles. The fourth-order valence-electron chi connectivity index (χ4n) is 1.64. The number of aromatic nitrogens is 1. The molecule has 88 valence electrons. The van der Waals surface area contributed by atoms with E-state index >= 15 is 0 Å². The molecule has 2 rings (SSSR count). The fraction of sp³-hybridized carbons (Fsp3) is 0.375. The molecule has 8 heteroatoms. The molecule has 3 amide bonds. The Labute approximate surface area is 102 Å². The van der Waals surface area contributed by atoms with E-state index in [4.69, 9.17) is 5.73 Å². The van der Waals surface area contributed by atoms with Crippen LogP contribution in [0, 0.1) is 6.92 Å². The van der Waals surface area contributed by atoms with Crippen molar-refractivity contribution in [2.24, 2.45) is 5.73 Å². The molecule has 1 aromatic rings. The first-order valence-electron chi connectivity index (χ1n) is 4.35. The van der Waals surface area contributed by atoms with Crippen molar-refractivity contribution in [3.8, 4) is 0 Å². The smallest absolute Gasteiger partial charge is 0.322 e. The first-order chi connectivity index (χ1) is 7.10. The van der Waals surface area contributed by atoms with Gasteiger partial charge in [0, 0.05) is 17.5 Å². The normalized spacial score (nSPS) is 23.6. The maximum atomic E-state index is 11.7. The minimum atomic E-state index is -1.14. The van der Waals surface area contributed by atoms with Gasteiger partial charge in [-0.2, -0.15) is 4.37 Å². The monoisotopic (exact) mass is 262 g/mol. The molecule has 0 saturated carbocycles. The minimum Gasteiger partial charge on any atom is -0.327 e. The van der Waals surface area contributed by atoms with Crippen LogP contribution in [0.1, 0.15) is 11.3 Å². The van der Waals surface area contributed by atoms with E-state index in [1.165, 1.54) is 11.5 Å². The summed E-state index contributed by atoms with van der Waals surface area (Å²) in [4.78, 5) is 22.8. The van der Waals surface area contributed by atoms with Crippen LogP contribution in [0.2, 0.25) is 0 Å². The third-order valence-corrected chi connectivity index (χ3v) is 3.18. The van der Waals surface area contributed by atoms with Crippen LogP contribution in [-0.2, 0) is 10.3 Å². The number of nitrogens with one attached hydrogen (secondary N) is 2. The van der Waals surface area contributed by atoms with E-state index in [0.29, 0.717) is 11.3 Å². The van der Waals surface area contributed by atoms with Crippen LogP contribution < -0.4 is 16.4 Å². The second-order valence-electron chi connectivity index (χ2n) is 3.33. The Morgan fingerprint density at radius 3 is 2.62 bits per heavy atom. The maximum absolute atomic E-state index is 11.7. The van der Waals surface area contributed by atoms with Crippen molar-refractivity contribution in [2.75, 3.05) is 6.54 Å². The third kappa shape index (κ3) is 1.66. The molecule has 16 heavy (non-hydrogen) atoms. The van der Waals surface area contributed by atoms with Crippen LogP contribution in [0.3, 0.4) is 0 Å². The van der Waals surface area contributed by atoms with Crippen molar-refractivity contribution in [1.29, 1.82) is 0 Å². The van der Waals surface area contributed by atoms with Crippen LogP contribution in [-0.4, -0.2) is 22.9 Å². The van der Waals surface area contributed by atoms with Crippen molar-refractivity contribution in [2.45, 2.75) is 12.5 Å². The van der Waals surface area contributed by atoms with Gasteiger partial charge in [-0.25, -0.2) is 4.79 Å². The molecule has 1 fully saturated rings. The molecule has 4 N–H and O–H groups in total. The largest absolute Gasteiger partial charge is 0.327 e. The lowest BCUT2D eigenvalue weighted by Gasteiger charge is -2.23. The fourth-order valence-corrected chi connectivity index (χ4v) is 2.42. The molecule has 0 bridgehead atoms. The quantitative estimate of drug-likeness (QED) is 0.647. The lowest BCUT2D eigenvalue weighted by atomic mass is 9.91. The molecule has 1 aliphatic heterocycles. The van der Waals surface area contributed by atoms with E-state index in [0.717, 1.165) is 0 Å². The van der Waals surface area contributed by atoms with Gasteiger partial charge < -0.3 is 11.1 Å². The average molecular weight is 263 g/mol. The molecule has 6 nitrogen and oxygen atoms in total. The molecular formula is C8H11ClN4O2S. The highest BCUT2D eigenvalue weighted by Gasteiger charge is 2.48. The number of nitrogens with two attached hydrogens (primary N) is 1. The predicted octanol–water partition coefficient (Wildman–Crippen LogP) is -0.133. The molecule has 0 aliphatic carbocycles. The van der Waals surface area contributed by atoms with Crippen molar-refractivity contribution in [3.05, 3.63) is 16.6 Å². The first kappa shape index (κ1) is 12.9. The number of halogens is 1. The molecule has 0 radical (unpaired) electrons. The summed E-state index contributed by atoms with van der Waals surface area (Å²) in [5, 5.41) is 6.46.